The molecule has 46 heavy (non-hydrogen) atoms. The third-order valence-corrected chi connectivity index (χ3v) is 8.16. The highest BCUT2D eigenvalue weighted by molar-refractivity contribution is 5.98. The largest absolute Gasteiger partial charge is 0.378 e. The van der Waals surface area contributed by atoms with Crippen molar-refractivity contribution >= 4 is 17.5 Å². The molecule has 0 N–H and O–H groups in total. The van der Waals surface area contributed by atoms with E-state index in [1.165, 1.54) is 0 Å². The molecule has 0 spiro atoms. The predicted octanol–water partition coefficient (Wildman–Crippen LogP) is 5.07. The first-order valence-electron chi connectivity index (χ1n) is 15.2. The summed E-state index contributed by atoms with van der Waals surface area (Å²) in [5.74, 6) is -0.109. The monoisotopic (exact) mass is 615 g/mol. The van der Waals surface area contributed by atoms with Crippen LogP contribution in [0.3, 0.4) is 0 Å². The number of rotatable bonds is 11. The fraction of sp³-hybridized carbons (Fsp3) is 0.257. The van der Waals surface area contributed by atoms with Gasteiger partial charge in [0.1, 0.15) is 11.4 Å². The number of nitrogens with zero attached hydrogens (tertiary/aromatic N) is 9. The fourth-order valence-corrected chi connectivity index (χ4v) is 5.86. The predicted molar refractivity (Wildman–Crippen MR) is 175 cm³/mol. The highest BCUT2D eigenvalue weighted by Crippen LogP contribution is 2.39. The molecule has 6 rings (SSSR count). The van der Waals surface area contributed by atoms with Gasteiger partial charge in [-0.05, 0) is 42.7 Å². The fourth-order valence-electron chi connectivity index (χ4n) is 5.86. The van der Waals surface area contributed by atoms with Crippen LogP contribution >= 0.6 is 0 Å². The number of ketones is 1. The van der Waals surface area contributed by atoms with Crippen molar-refractivity contribution in [2.75, 3.05) is 19.0 Å². The Morgan fingerprint density at radius 1 is 0.739 bits per heavy atom. The second-order valence-corrected chi connectivity index (χ2v) is 11.7. The number of hydrogen-bond acceptors (Lipinski definition) is 7. The van der Waals surface area contributed by atoms with Crippen LogP contribution in [0.2, 0.25) is 0 Å². The molecule has 11 nitrogen and oxygen atoms in total. The average Bonchev–Trinajstić information content (AvgIpc) is 3.70. The minimum absolute atomic E-state index is 0.109. The molecular formula is C35H37N9O2. The lowest BCUT2D eigenvalue weighted by atomic mass is 9.90. The number of anilines is 1. The molecule has 1 aliphatic rings. The zero-order chi connectivity index (χ0) is 32.2. The summed E-state index contributed by atoms with van der Waals surface area (Å²) in [5.41, 5.74) is 6.43. The van der Waals surface area contributed by atoms with Crippen LogP contribution in [0, 0.1) is 0 Å². The summed E-state index contributed by atoms with van der Waals surface area (Å²) in [5, 5.41) is 17.4. The maximum atomic E-state index is 14.5. The summed E-state index contributed by atoms with van der Waals surface area (Å²) in [6, 6.07) is 27.1. The van der Waals surface area contributed by atoms with Crippen LogP contribution < -0.4 is 4.90 Å². The summed E-state index contributed by atoms with van der Waals surface area (Å²) in [4.78, 5) is 33.2. The summed E-state index contributed by atoms with van der Waals surface area (Å²) in [6.07, 6.45) is 3.69. The number of Topliss-reactive ketones (excluding diaryl/α,β-unsaturated/α-hetero) is 1. The lowest BCUT2D eigenvalue weighted by molar-refractivity contribution is -0.114. The number of aromatic nitrogens is 6. The minimum Gasteiger partial charge on any atom is -0.378 e. The molecule has 1 unspecified atom stereocenters. The summed E-state index contributed by atoms with van der Waals surface area (Å²) in [7, 11) is 3.95. The molecule has 0 aliphatic carbocycles. The second-order valence-electron chi connectivity index (χ2n) is 11.7. The Kier molecular flexibility index (Phi) is 8.73. The Balaban J connectivity index is 1.34. The van der Waals surface area contributed by atoms with E-state index in [9.17, 15) is 9.59 Å². The van der Waals surface area contributed by atoms with Crippen molar-refractivity contribution in [3.63, 3.8) is 0 Å². The van der Waals surface area contributed by atoms with Gasteiger partial charge in [0.15, 0.2) is 5.78 Å². The molecule has 0 radical (unpaired) electrons. The van der Waals surface area contributed by atoms with Crippen LogP contribution in [0.25, 0.3) is 0 Å². The zero-order valence-corrected chi connectivity index (χ0v) is 26.5. The zero-order valence-electron chi connectivity index (χ0n) is 26.5. The van der Waals surface area contributed by atoms with E-state index in [1.54, 1.807) is 26.1 Å². The molecule has 2 amide bonds. The molecule has 1 aliphatic heterocycles. The number of benzene rings is 3. The van der Waals surface area contributed by atoms with E-state index in [0.717, 1.165) is 22.4 Å². The maximum absolute atomic E-state index is 14.5. The van der Waals surface area contributed by atoms with E-state index in [2.05, 4.69) is 20.6 Å². The lowest BCUT2D eigenvalue weighted by Crippen LogP contribution is -2.49. The Hall–Kier alpha value is -5.58. The molecule has 0 bridgehead atoms. The quantitative estimate of drug-likeness (QED) is 0.204. The first-order valence-corrected chi connectivity index (χ1v) is 15.2. The van der Waals surface area contributed by atoms with Gasteiger partial charge in [-0.15, -0.1) is 10.2 Å². The summed E-state index contributed by atoms with van der Waals surface area (Å²) < 4.78 is 3.51. The molecule has 0 saturated carbocycles. The number of urea groups is 1. The van der Waals surface area contributed by atoms with E-state index in [4.69, 9.17) is 0 Å². The number of carbonyl (C=O) groups excluding carboxylic acids is 2. The maximum Gasteiger partial charge on any atom is 0.325 e. The third-order valence-electron chi connectivity index (χ3n) is 8.16. The average molecular weight is 616 g/mol. The molecule has 2 aromatic heterocycles. The van der Waals surface area contributed by atoms with Gasteiger partial charge in [-0.1, -0.05) is 83.2 Å². The highest BCUT2D eigenvalue weighted by atomic mass is 16.2. The molecular weight excluding hydrogens is 578 g/mol. The Bertz CT molecular complexity index is 1840. The van der Waals surface area contributed by atoms with E-state index in [-0.39, 0.29) is 24.9 Å². The van der Waals surface area contributed by atoms with E-state index < -0.39 is 6.04 Å². The molecule has 3 aromatic carbocycles. The van der Waals surface area contributed by atoms with Crippen molar-refractivity contribution in [3.8, 4) is 0 Å². The van der Waals surface area contributed by atoms with E-state index >= 15 is 0 Å². The molecule has 11 heteroatoms. The van der Waals surface area contributed by atoms with Crippen molar-refractivity contribution in [2.45, 2.75) is 46.1 Å². The number of hydrogen-bond donors (Lipinski definition) is 0. The van der Waals surface area contributed by atoms with Crippen LogP contribution in [0.4, 0.5) is 10.5 Å². The van der Waals surface area contributed by atoms with Gasteiger partial charge in [0.05, 0.1) is 44.6 Å². The number of carbonyl (C=O) groups is 2. The summed E-state index contributed by atoms with van der Waals surface area (Å²) >= 11 is 0. The highest BCUT2D eigenvalue weighted by Gasteiger charge is 2.41. The van der Waals surface area contributed by atoms with Gasteiger partial charge in [-0.3, -0.25) is 9.69 Å². The van der Waals surface area contributed by atoms with Crippen LogP contribution in [0.15, 0.2) is 109 Å². The van der Waals surface area contributed by atoms with Crippen molar-refractivity contribution in [2.24, 2.45) is 0 Å². The third kappa shape index (κ3) is 6.58. The van der Waals surface area contributed by atoms with Crippen LogP contribution in [-0.2, 0) is 31.0 Å². The van der Waals surface area contributed by atoms with Crippen molar-refractivity contribution in [1.82, 2.24) is 39.8 Å². The molecule has 234 valence electrons. The molecule has 3 heterocycles. The van der Waals surface area contributed by atoms with Gasteiger partial charge in [-0.25, -0.2) is 14.2 Å². The van der Waals surface area contributed by atoms with Crippen molar-refractivity contribution in [3.05, 3.63) is 137 Å². The molecule has 1 atom stereocenters. The van der Waals surface area contributed by atoms with Gasteiger partial charge in [0.2, 0.25) is 0 Å². The van der Waals surface area contributed by atoms with Crippen LogP contribution in [0.5, 0.6) is 0 Å². The smallest absolute Gasteiger partial charge is 0.325 e. The first-order chi connectivity index (χ1) is 22.3. The lowest BCUT2D eigenvalue weighted by Gasteiger charge is -2.42. The Labute approximate surface area is 268 Å². The number of allylic oxidation sites excluding steroid dienone is 1. The first kappa shape index (κ1) is 30.4. The Morgan fingerprint density at radius 2 is 1.26 bits per heavy atom. The van der Waals surface area contributed by atoms with Gasteiger partial charge in [-0.2, -0.15) is 0 Å². The normalized spacial score (nSPS) is 15.0. The van der Waals surface area contributed by atoms with Crippen LogP contribution in [-0.4, -0.2) is 65.7 Å². The van der Waals surface area contributed by atoms with Crippen molar-refractivity contribution in [1.29, 1.82) is 0 Å². The molecule has 5 aromatic rings. The van der Waals surface area contributed by atoms with Crippen LogP contribution in [0.1, 0.15) is 48.0 Å². The summed E-state index contributed by atoms with van der Waals surface area (Å²) in [6.45, 7) is 4.83. The standard InChI is InChI=1S/C35H37N9O2/c1-25-33(26(2)45)34(29-15-17-32(18-16-29)40(3)4)44(24-31-22-42(39-37-31)20-28-13-9-6-10-14-28)35(46)43(25)23-30-21-41(38-36-30)19-27-11-7-5-8-12-27/h5-18,21-22,34H,19-20,23-24H2,1-4H3. The van der Waals surface area contributed by atoms with Gasteiger partial charge in [0, 0.05) is 31.1 Å². The topological polar surface area (TPSA) is 105 Å². The SMILES string of the molecule is CC(=O)C1=C(C)N(Cc2cn(Cc3ccccc3)nn2)C(=O)N(Cc2cn(Cc3ccccc3)nn2)C1c1ccc(N(C)C)cc1. The van der Waals surface area contributed by atoms with Gasteiger partial charge < -0.3 is 9.80 Å². The van der Waals surface area contributed by atoms with Gasteiger partial charge >= 0.3 is 6.03 Å². The van der Waals surface area contributed by atoms with E-state index in [0.29, 0.717) is 35.7 Å². The van der Waals surface area contributed by atoms with E-state index in [1.807, 2.05) is 123 Å². The molecule has 0 saturated heterocycles. The Morgan fingerprint density at radius 3 is 1.76 bits per heavy atom. The van der Waals surface area contributed by atoms with Crippen molar-refractivity contribution < 1.29 is 9.59 Å². The second kappa shape index (κ2) is 13.2. The minimum atomic E-state index is -0.606. The molecule has 0 fully saturated rings. The number of amides is 2. The van der Waals surface area contributed by atoms with Gasteiger partial charge in [0.25, 0.3) is 0 Å².